The van der Waals surface area contributed by atoms with Crippen LogP contribution in [0.2, 0.25) is 0 Å². The molecule has 0 saturated carbocycles. The summed E-state index contributed by atoms with van der Waals surface area (Å²) >= 11 is 0. The monoisotopic (exact) mass is 76.0 g/mol. The molecule has 0 spiro atoms. The van der Waals surface area contributed by atoms with Gasteiger partial charge in [-0.1, -0.05) is 0 Å². The van der Waals surface area contributed by atoms with Crippen molar-refractivity contribution in [2.45, 2.75) is 0 Å². The Morgan fingerprint density at radius 1 is 1.80 bits per heavy atom. The normalized spacial score (nSPS) is 5.00. The fraction of sp³-hybridized carbons (Fsp3) is 0. The second-order valence-corrected chi connectivity index (χ2v) is 0.253. The van der Waals surface area contributed by atoms with Crippen LogP contribution in [0.15, 0.2) is 0 Å². The number of rotatable bonds is 0. The number of carboxylic acid groups (broad SMARTS) is 1. The van der Waals surface area contributed by atoms with Gasteiger partial charge in [0.05, 0.1) is 0 Å². The van der Waals surface area contributed by atoms with Gasteiger partial charge in [-0.3, -0.25) is 0 Å². The van der Waals surface area contributed by atoms with Crippen LogP contribution in [0.25, 0.3) is 0 Å². The van der Waals surface area contributed by atoms with E-state index in [1.54, 1.807) is 0 Å². The van der Waals surface area contributed by atoms with Gasteiger partial charge in [0.15, 0.2) is 0 Å². The lowest BCUT2D eigenvalue weighted by molar-refractivity contribution is 0.169. The van der Waals surface area contributed by atoms with Crippen LogP contribution in [0.3, 0.4) is 0 Å². The van der Waals surface area contributed by atoms with Gasteiger partial charge in [0.2, 0.25) is 0 Å². The minimum Gasteiger partial charge on any atom is -0.456 e. The molecular formula is C2HFO2. The average molecular weight is 76.0 g/mol. The smallest absolute Gasteiger partial charge is 0.456 e. The molecule has 4 radical (unpaired) electrons. The minimum atomic E-state index is -2.33. The third kappa shape index (κ3) is 18.5. The molecule has 0 amide bonds. The minimum absolute atomic E-state index is 0. The van der Waals surface area contributed by atoms with Crippen molar-refractivity contribution >= 4 is 6.22 Å². The van der Waals surface area contributed by atoms with E-state index in [2.05, 4.69) is 0 Å². The molecule has 0 aromatic carbocycles. The van der Waals surface area contributed by atoms with Crippen molar-refractivity contribution in [3.05, 3.63) is 7.43 Å². The van der Waals surface area contributed by atoms with Crippen molar-refractivity contribution in [3.8, 4) is 0 Å². The second kappa shape index (κ2) is 3.40. The molecule has 2 nitrogen and oxygen atoms in total. The summed E-state index contributed by atoms with van der Waals surface area (Å²) in [7, 11) is 0. The van der Waals surface area contributed by atoms with Crippen LogP contribution in [0.5, 0.6) is 0 Å². The molecule has 1 N–H and O–H groups in total. The predicted molar refractivity (Wildman–Crippen MR) is 12.4 cm³/mol. The highest BCUT2D eigenvalue weighted by molar-refractivity contribution is 5.54. The zero-order chi connectivity index (χ0) is 3.58. The summed E-state index contributed by atoms with van der Waals surface area (Å²) in [5.74, 6) is 0. The number of halogens is 1. The van der Waals surface area contributed by atoms with Crippen molar-refractivity contribution in [2.24, 2.45) is 0 Å². The molecule has 0 aromatic rings. The van der Waals surface area contributed by atoms with Gasteiger partial charge in [0, 0.05) is 7.43 Å². The van der Waals surface area contributed by atoms with Crippen LogP contribution in [-0.2, 0) is 0 Å². The van der Waals surface area contributed by atoms with E-state index >= 15 is 0 Å². The summed E-state index contributed by atoms with van der Waals surface area (Å²) in [6.45, 7) is 0. The van der Waals surface area contributed by atoms with Crippen molar-refractivity contribution in [1.29, 1.82) is 0 Å². The van der Waals surface area contributed by atoms with Gasteiger partial charge in [-0.2, -0.15) is 0 Å². The number of hydrogen-bond acceptors (Lipinski definition) is 1. The van der Waals surface area contributed by atoms with E-state index in [1.807, 2.05) is 0 Å². The molecule has 0 rings (SSSR count). The molecular weight excluding hydrogens is 75.0 g/mol. The lowest BCUT2D eigenvalue weighted by Crippen LogP contribution is -1.69. The standard InChI is InChI=1S/CHFO2.C/c2-1(3)4;/h(H,3,4);. The zero-order valence-corrected chi connectivity index (χ0v) is 2.23. The molecule has 0 bridgehead atoms. The van der Waals surface area contributed by atoms with Gasteiger partial charge in [0.1, 0.15) is 0 Å². The Hall–Kier alpha value is -0.600. The molecule has 0 aromatic heterocycles. The Bertz CT molecular complexity index is 30.6. The number of hydrogen-bond donors (Lipinski definition) is 1. The topological polar surface area (TPSA) is 37.3 Å². The van der Waals surface area contributed by atoms with E-state index in [1.165, 1.54) is 0 Å². The van der Waals surface area contributed by atoms with Gasteiger partial charge in [-0.05, 0) is 0 Å². The van der Waals surface area contributed by atoms with Crippen molar-refractivity contribution < 1.29 is 14.3 Å². The van der Waals surface area contributed by atoms with Crippen LogP contribution in [0.4, 0.5) is 9.18 Å². The summed E-state index contributed by atoms with van der Waals surface area (Å²) in [6, 6.07) is 0. The molecule has 0 heterocycles. The fourth-order valence-electron chi connectivity index (χ4n) is 0. The van der Waals surface area contributed by atoms with E-state index < -0.39 is 6.22 Å². The molecule has 0 saturated heterocycles. The maximum Gasteiger partial charge on any atom is 0.492 e. The van der Waals surface area contributed by atoms with Crippen LogP contribution in [0.1, 0.15) is 0 Å². The van der Waals surface area contributed by atoms with E-state index in [0.717, 1.165) is 0 Å². The summed E-state index contributed by atoms with van der Waals surface area (Å²) in [5, 5.41) is 6.75. The van der Waals surface area contributed by atoms with E-state index in [9.17, 15) is 4.39 Å². The van der Waals surface area contributed by atoms with Crippen molar-refractivity contribution in [3.63, 3.8) is 0 Å². The molecule has 0 atom stereocenters. The molecule has 0 fully saturated rings. The molecule has 0 aliphatic carbocycles. The van der Waals surface area contributed by atoms with Gasteiger partial charge in [0.25, 0.3) is 0 Å². The van der Waals surface area contributed by atoms with Crippen LogP contribution < -0.4 is 0 Å². The Balaban J connectivity index is 0. The Morgan fingerprint density at radius 3 is 1.80 bits per heavy atom. The first-order valence-electron chi connectivity index (χ1n) is 0.617. The van der Waals surface area contributed by atoms with Gasteiger partial charge < -0.3 is 5.11 Å². The number of carbonyl (C=O) groups is 1. The molecule has 0 aliphatic heterocycles. The Kier molecular flexibility index (Phi) is 6.00. The first kappa shape index (κ1) is 8.83. The van der Waals surface area contributed by atoms with Gasteiger partial charge >= 0.3 is 6.22 Å². The highest BCUT2D eigenvalue weighted by Crippen LogP contribution is 1.58. The van der Waals surface area contributed by atoms with E-state index in [4.69, 9.17) is 9.90 Å². The SMILES string of the molecule is O=C(O)F.[C]. The van der Waals surface area contributed by atoms with Crippen molar-refractivity contribution in [2.75, 3.05) is 0 Å². The molecule has 3 heteroatoms. The maximum absolute atomic E-state index is 9.92. The summed E-state index contributed by atoms with van der Waals surface area (Å²) < 4.78 is 9.92. The van der Waals surface area contributed by atoms with Gasteiger partial charge in [-0.25, -0.2) is 4.79 Å². The van der Waals surface area contributed by atoms with Crippen LogP contribution >= 0.6 is 0 Å². The maximum atomic E-state index is 9.92. The van der Waals surface area contributed by atoms with Crippen LogP contribution in [0, 0.1) is 7.43 Å². The third-order valence-corrected chi connectivity index (χ3v) is 0. The first-order valence-corrected chi connectivity index (χ1v) is 0.617. The average Bonchev–Trinajstić information content (AvgIpc) is 0.811. The lowest BCUT2D eigenvalue weighted by Gasteiger charge is -1.53. The molecule has 0 unspecified atom stereocenters. The third-order valence-electron chi connectivity index (χ3n) is 0. The molecule has 0 aliphatic rings. The summed E-state index contributed by atoms with van der Waals surface area (Å²) in [5.41, 5.74) is 0. The Labute approximate surface area is 29.2 Å². The Morgan fingerprint density at radius 2 is 1.80 bits per heavy atom. The zero-order valence-electron chi connectivity index (χ0n) is 2.23. The predicted octanol–water partition coefficient (Wildman–Crippen LogP) is 0.715. The van der Waals surface area contributed by atoms with E-state index in [0.29, 0.717) is 0 Å². The fourth-order valence-corrected chi connectivity index (χ4v) is 0. The van der Waals surface area contributed by atoms with Gasteiger partial charge in [-0.15, -0.1) is 4.39 Å². The summed E-state index contributed by atoms with van der Waals surface area (Å²) in [4.78, 5) is 8.33. The van der Waals surface area contributed by atoms with Crippen LogP contribution in [-0.4, -0.2) is 11.3 Å². The summed E-state index contributed by atoms with van der Waals surface area (Å²) in [6.07, 6.45) is -2.33. The van der Waals surface area contributed by atoms with E-state index in [-0.39, 0.29) is 7.43 Å². The molecule has 28 valence electrons. The largest absolute Gasteiger partial charge is 0.492 e. The highest BCUT2D eigenvalue weighted by Gasteiger charge is 1.74. The quantitative estimate of drug-likeness (QED) is 0.431. The highest BCUT2D eigenvalue weighted by atomic mass is 19.1. The second-order valence-electron chi connectivity index (χ2n) is 0.253. The molecule has 5 heavy (non-hydrogen) atoms. The van der Waals surface area contributed by atoms with Crippen molar-refractivity contribution in [1.82, 2.24) is 0 Å². The first-order chi connectivity index (χ1) is 1.73. The lowest BCUT2D eigenvalue weighted by atomic mass is 11.5.